The number of benzene rings is 1. The van der Waals surface area contributed by atoms with Crippen molar-refractivity contribution >= 4 is 11.6 Å². The normalized spacial score (nSPS) is 25.7. The van der Waals surface area contributed by atoms with Crippen LogP contribution in [0.1, 0.15) is 24.8 Å². The van der Waals surface area contributed by atoms with Crippen LogP contribution in [0, 0.1) is 5.92 Å². The molecule has 1 aromatic carbocycles. The first-order valence-corrected chi connectivity index (χ1v) is 6.17. The van der Waals surface area contributed by atoms with E-state index in [1.54, 1.807) is 0 Å². The zero-order chi connectivity index (χ0) is 10.5. The topological polar surface area (TPSA) is 12.0 Å². The summed E-state index contributed by atoms with van der Waals surface area (Å²) < 4.78 is 0. The van der Waals surface area contributed by atoms with Crippen molar-refractivity contribution in [1.82, 2.24) is 5.32 Å². The highest BCUT2D eigenvalue weighted by Gasteiger charge is 2.21. The standard InChI is InChI=1S/C13H18ClN/c14-13-7-6-12(8-13)10-15-9-11-4-2-1-3-5-11/h1-5,12-13,15H,6-10H2/t12-,13?/m0/s1. The molecule has 0 spiro atoms. The predicted octanol–water partition coefficient (Wildman–Crippen LogP) is 3.18. The largest absolute Gasteiger partial charge is 0.312 e. The lowest BCUT2D eigenvalue weighted by Gasteiger charge is -2.10. The second-order valence-corrected chi connectivity index (χ2v) is 5.01. The molecule has 1 aliphatic rings. The Morgan fingerprint density at radius 2 is 2.00 bits per heavy atom. The van der Waals surface area contributed by atoms with E-state index in [4.69, 9.17) is 11.6 Å². The van der Waals surface area contributed by atoms with Gasteiger partial charge in [0.2, 0.25) is 0 Å². The fourth-order valence-electron chi connectivity index (χ4n) is 2.22. The van der Waals surface area contributed by atoms with Gasteiger partial charge in [-0.3, -0.25) is 0 Å². The zero-order valence-corrected chi connectivity index (χ0v) is 9.71. The van der Waals surface area contributed by atoms with Crippen molar-refractivity contribution in [1.29, 1.82) is 0 Å². The highest BCUT2D eigenvalue weighted by Crippen LogP contribution is 2.28. The molecule has 0 saturated heterocycles. The maximum atomic E-state index is 6.08. The molecule has 2 heteroatoms. The summed E-state index contributed by atoms with van der Waals surface area (Å²) in [6.07, 6.45) is 3.67. The zero-order valence-electron chi connectivity index (χ0n) is 8.95. The molecule has 1 nitrogen and oxygen atoms in total. The van der Waals surface area contributed by atoms with E-state index in [0.717, 1.165) is 19.0 Å². The Labute approximate surface area is 96.8 Å². The maximum absolute atomic E-state index is 6.08. The van der Waals surface area contributed by atoms with E-state index in [0.29, 0.717) is 5.38 Å². The van der Waals surface area contributed by atoms with E-state index >= 15 is 0 Å². The van der Waals surface area contributed by atoms with Gasteiger partial charge in [0.15, 0.2) is 0 Å². The molecular weight excluding hydrogens is 206 g/mol. The molecule has 1 aliphatic carbocycles. The van der Waals surface area contributed by atoms with Crippen LogP contribution in [0.25, 0.3) is 0 Å². The Morgan fingerprint density at radius 3 is 2.67 bits per heavy atom. The van der Waals surface area contributed by atoms with Crippen LogP contribution in [-0.2, 0) is 6.54 Å². The van der Waals surface area contributed by atoms with Crippen molar-refractivity contribution < 1.29 is 0 Å². The van der Waals surface area contributed by atoms with Crippen LogP contribution >= 0.6 is 11.6 Å². The Bertz CT molecular complexity index is 286. The van der Waals surface area contributed by atoms with Gasteiger partial charge >= 0.3 is 0 Å². The number of hydrogen-bond acceptors (Lipinski definition) is 1. The Kier molecular flexibility index (Phi) is 4.04. The van der Waals surface area contributed by atoms with Crippen molar-refractivity contribution in [3.8, 4) is 0 Å². The summed E-state index contributed by atoms with van der Waals surface area (Å²) in [4.78, 5) is 0. The quantitative estimate of drug-likeness (QED) is 0.774. The summed E-state index contributed by atoms with van der Waals surface area (Å²) in [6, 6.07) is 10.5. The SMILES string of the molecule is ClC1CC[C@H](CNCc2ccccc2)C1. The third-order valence-electron chi connectivity index (χ3n) is 3.08. The first kappa shape index (κ1) is 11.0. The average Bonchev–Trinajstić information content (AvgIpc) is 2.66. The lowest BCUT2D eigenvalue weighted by atomic mass is 10.1. The molecular formula is C13H18ClN. The van der Waals surface area contributed by atoms with E-state index in [1.165, 1.54) is 24.8 Å². The van der Waals surface area contributed by atoms with Gasteiger partial charge in [0.25, 0.3) is 0 Å². The average molecular weight is 224 g/mol. The molecule has 0 heterocycles. The fraction of sp³-hybridized carbons (Fsp3) is 0.538. The van der Waals surface area contributed by atoms with Crippen LogP contribution in [0.15, 0.2) is 30.3 Å². The van der Waals surface area contributed by atoms with Crippen LogP contribution in [0.5, 0.6) is 0 Å². The summed E-state index contributed by atoms with van der Waals surface area (Å²) in [6.45, 7) is 2.09. The van der Waals surface area contributed by atoms with E-state index in [-0.39, 0.29) is 0 Å². The minimum Gasteiger partial charge on any atom is -0.312 e. The smallest absolute Gasteiger partial charge is 0.0339 e. The molecule has 2 rings (SSSR count). The second kappa shape index (κ2) is 5.53. The van der Waals surface area contributed by atoms with Gasteiger partial charge in [0.1, 0.15) is 0 Å². The van der Waals surface area contributed by atoms with Crippen molar-refractivity contribution in [2.45, 2.75) is 31.2 Å². The monoisotopic (exact) mass is 223 g/mol. The first-order chi connectivity index (χ1) is 7.34. The first-order valence-electron chi connectivity index (χ1n) is 5.73. The van der Waals surface area contributed by atoms with Crippen molar-refractivity contribution in [2.24, 2.45) is 5.92 Å². The molecule has 15 heavy (non-hydrogen) atoms. The third kappa shape index (κ3) is 3.51. The molecule has 0 radical (unpaired) electrons. The van der Waals surface area contributed by atoms with Gasteiger partial charge in [-0.2, -0.15) is 0 Å². The summed E-state index contributed by atoms with van der Waals surface area (Å²) >= 11 is 6.08. The molecule has 1 unspecified atom stereocenters. The number of nitrogens with one attached hydrogen (secondary N) is 1. The van der Waals surface area contributed by atoms with Crippen molar-refractivity contribution in [3.63, 3.8) is 0 Å². The predicted molar refractivity (Wildman–Crippen MR) is 65.1 cm³/mol. The van der Waals surface area contributed by atoms with Gasteiger partial charge in [-0.05, 0) is 37.3 Å². The highest BCUT2D eigenvalue weighted by atomic mass is 35.5. The highest BCUT2D eigenvalue weighted by molar-refractivity contribution is 6.20. The number of hydrogen-bond donors (Lipinski definition) is 1. The molecule has 2 atom stereocenters. The van der Waals surface area contributed by atoms with Crippen LogP contribution in [0.3, 0.4) is 0 Å². The van der Waals surface area contributed by atoms with Gasteiger partial charge < -0.3 is 5.32 Å². The number of rotatable bonds is 4. The molecule has 1 N–H and O–H groups in total. The van der Waals surface area contributed by atoms with E-state index in [1.807, 2.05) is 0 Å². The van der Waals surface area contributed by atoms with E-state index < -0.39 is 0 Å². The minimum absolute atomic E-state index is 0.425. The molecule has 1 aromatic rings. The molecule has 1 fully saturated rings. The Hall–Kier alpha value is -0.530. The molecule has 0 bridgehead atoms. The van der Waals surface area contributed by atoms with Gasteiger partial charge in [0, 0.05) is 11.9 Å². The van der Waals surface area contributed by atoms with Crippen LogP contribution in [0.2, 0.25) is 0 Å². The van der Waals surface area contributed by atoms with Crippen LogP contribution < -0.4 is 5.32 Å². The Balaban J connectivity index is 1.67. The van der Waals surface area contributed by atoms with Crippen LogP contribution in [0.4, 0.5) is 0 Å². The number of halogens is 1. The summed E-state index contributed by atoms with van der Waals surface area (Å²) in [5, 5.41) is 3.93. The van der Waals surface area contributed by atoms with Crippen molar-refractivity contribution in [3.05, 3.63) is 35.9 Å². The number of alkyl halides is 1. The van der Waals surface area contributed by atoms with E-state index in [9.17, 15) is 0 Å². The molecule has 0 amide bonds. The fourth-order valence-corrected chi connectivity index (χ4v) is 2.59. The van der Waals surface area contributed by atoms with Crippen molar-refractivity contribution in [2.75, 3.05) is 6.54 Å². The minimum atomic E-state index is 0.425. The van der Waals surface area contributed by atoms with E-state index in [2.05, 4.69) is 35.6 Å². The second-order valence-electron chi connectivity index (χ2n) is 4.39. The molecule has 0 aromatic heterocycles. The van der Waals surface area contributed by atoms with Gasteiger partial charge in [0.05, 0.1) is 0 Å². The molecule has 0 aliphatic heterocycles. The maximum Gasteiger partial charge on any atom is 0.0339 e. The van der Waals surface area contributed by atoms with Gasteiger partial charge in [-0.15, -0.1) is 11.6 Å². The summed E-state index contributed by atoms with van der Waals surface area (Å²) in [5.41, 5.74) is 1.36. The lowest BCUT2D eigenvalue weighted by Crippen LogP contribution is -2.21. The lowest BCUT2D eigenvalue weighted by molar-refractivity contribution is 0.490. The van der Waals surface area contributed by atoms with Crippen LogP contribution in [-0.4, -0.2) is 11.9 Å². The Morgan fingerprint density at radius 1 is 1.20 bits per heavy atom. The molecule has 1 saturated carbocycles. The third-order valence-corrected chi connectivity index (χ3v) is 3.48. The van der Waals surface area contributed by atoms with Gasteiger partial charge in [-0.1, -0.05) is 30.3 Å². The summed E-state index contributed by atoms with van der Waals surface area (Å²) in [7, 11) is 0. The molecule has 82 valence electrons. The summed E-state index contributed by atoms with van der Waals surface area (Å²) in [5.74, 6) is 0.788. The van der Waals surface area contributed by atoms with Gasteiger partial charge in [-0.25, -0.2) is 0 Å².